The van der Waals surface area contributed by atoms with Gasteiger partial charge in [0, 0.05) is 8.95 Å². The fraction of sp³-hybridized carbons (Fsp3) is 0.176. The summed E-state index contributed by atoms with van der Waals surface area (Å²) in [6.07, 6.45) is 0. The molecular formula is C17H12Br2N2O. The molecule has 3 aromatic rings. The molecule has 22 heavy (non-hydrogen) atoms. The van der Waals surface area contributed by atoms with Crippen molar-refractivity contribution in [3.63, 3.8) is 0 Å². The molecule has 5 heteroatoms. The molecule has 0 unspecified atom stereocenters. The van der Waals surface area contributed by atoms with E-state index in [0.717, 1.165) is 31.5 Å². The molecule has 4 rings (SSSR count). The third kappa shape index (κ3) is 1.78. The number of benzene rings is 2. The molecule has 110 valence electrons. The first-order valence-corrected chi connectivity index (χ1v) is 8.51. The lowest BCUT2D eigenvalue weighted by Gasteiger charge is -2.19. The molecule has 2 aromatic carbocycles. The molecule has 0 fully saturated rings. The van der Waals surface area contributed by atoms with Gasteiger partial charge in [-0.1, -0.05) is 31.9 Å². The molecule has 0 saturated carbocycles. The van der Waals surface area contributed by atoms with Gasteiger partial charge < -0.3 is 0 Å². The molecule has 0 bridgehead atoms. The van der Waals surface area contributed by atoms with Gasteiger partial charge in [0.2, 0.25) is 0 Å². The van der Waals surface area contributed by atoms with Gasteiger partial charge in [0.15, 0.2) is 0 Å². The lowest BCUT2D eigenvalue weighted by molar-refractivity contribution is 0.610. The third-order valence-corrected chi connectivity index (χ3v) is 5.25. The summed E-state index contributed by atoms with van der Waals surface area (Å²) in [6.45, 7) is 4.21. The van der Waals surface area contributed by atoms with E-state index in [-0.39, 0.29) is 11.0 Å². The van der Waals surface area contributed by atoms with Gasteiger partial charge in [0.25, 0.3) is 5.56 Å². The second kappa shape index (κ2) is 4.52. The second-order valence-electron chi connectivity index (χ2n) is 6.02. The second-order valence-corrected chi connectivity index (χ2v) is 7.86. The lowest BCUT2D eigenvalue weighted by Crippen LogP contribution is -2.25. The fourth-order valence-corrected chi connectivity index (χ4v) is 3.85. The average Bonchev–Trinajstić information content (AvgIpc) is 2.69. The summed E-state index contributed by atoms with van der Waals surface area (Å²) in [4.78, 5) is 17.8. The van der Waals surface area contributed by atoms with E-state index >= 15 is 0 Å². The van der Waals surface area contributed by atoms with Crippen LogP contribution < -0.4 is 5.56 Å². The predicted molar refractivity (Wildman–Crippen MR) is 94.9 cm³/mol. The van der Waals surface area contributed by atoms with Crippen LogP contribution in [0.4, 0.5) is 0 Å². The van der Waals surface area contributed by atoms with E-state index in [0.29, 0.717) is 5.39 Å². The summed E-state index contributed by atoms with van der Waals surface area (Å²) in [5.41, 5.74) is 2.44. The van der Waals surface area contributed by atoms with Gasteiger partial charge in [-0.15, -0.1) is 0 Å². The maximum atomic E-state index is 13.0. The van der Waals surface area contributed by atoms with E-state index in [9.17, 15) is 4.79 Å². The largest absolute Gasteiger partial charge is 0.268 e. The summed E-state index contributed by atoms with van der Waals surface area (Å²) >= 11 is 6.95. The normalized spacial score (nSPS) is 14.9. The molecule has 0 aliphatic carbocycles. The van der Waals surface area contributed by atoms with Crippen molar-refractivity contribution in [3.8, 4) is 5.69 Å². The van der Waals surface area contributed by atoms with E-state index in [2.05, 4.69) is 51.8 Å². The number of hydrogen-bond acceptors (Lipinski definition) is 2. The Bertz CT molecular complexity index is 1010. The minimum Gasteiger partial charge on any atom is -0.268 e. The van der Waals surface area contributed by atoms with Crippen molar-refractivity contribution in [1.29, 1.82) is 0 Å². The summed E-state index contributed by atoms with van der Waals surface area (Å²) in [7, 11) is 0. The minimum atomic E-state index is -0.306. The first-order valence-electron chi connectivity index (χ1n) is 6.93. The van der Waals surface area contributed by atoms with Gasteiger partial charge in [0.1, 0.15) is 5.82 Å². The molecule has 1 aliphatic rings. The molecule has 3 nitrogen and oxygen atoms in total. The van der Waals surface area contributed by atoms with Crippen molar-refractivity contribution in [1.82, 2.24) is 9.55 Å². The third-order valence-electron chi connectivity index (χ3n) is 4.26. The van der Waals surface area contributed by atoms with Crippen LogP contribution in [0.3, 0.4) is 0 Å². The van der Waals surface area contributed by atoms with E-state index in [4.69, 9.17) is 4.98 Å². The van der Waals surface area contributed by atoms with Crippen LogP contribution in [-0.4, -0.2) is 9.55 Å². The summed E-state index contributed by atoms with van der Waals surface area (Å²) in [5.74, 6) is 0.792. The van der Waals surface area contributed by atoms with E-state index in [1.165, 1.54) is 0 Å². The Kier molecular flexibility index (Phi) is 2.91. The van der Waals surface area contributed by atoms with Crippen LogP contribution in [0.1, 0.15) is 25.2 Å². The maximum Gasteiger partial charge on any atom is 0.266 e. The van der Waals surface area contributed by atoms with Crippen molar-refractivity contribution in [2.45, 2.75) is 19.3 Å². The highest BCUT2D eigenvalue weighted by Gasteiger charge is 2.38. The van der Waals surface area contributed by atoms with Crippen LogP contribution in [0.15, 0.2) is 50.1 Å². The molecule has 1 aromatic heterocycles. The van der Waals surface area contributed by atoms with Crippen LogP contribution in [0.2, 0.25) is 0 Å². The lowest BCUT2D eigenvalue weighted by atomic mass is 9.85. The van der Waals surface area contributed by atoms with Gasteiger partial charge >= 0.3 is 0 Å². The highest BCUT2D eigenvalue weighted by Crippen LogP contribution is 2.42. The number of hydrogen-bond donors (Lipinski definition) is 0. The van der Waals surface area contributed by atoms with Crippen LogP contribution >= 0.6 is 31.9 Å². The zero-order valence-corrected chi connectivity index (χ0v) is 15.2. The smallest absolute Gasteiger partial charge is 0.266 e. The zero-order valence-electron chi connectivity index (χ0n) is 12.0. The van der Waals surface area contributed by atoms with Crippen molar-refractivity contribution >= 4 is 42.8 Å². The van der Waals surface area contributed by atoms with E-state index in [1.54, 1.807) is 4.57 Å². The van der Waals surface area contributed by atoms with Crippen LogP contribution in [0.25, 0.3) is 16.6 Å². The van der Waals surface area contributed by atoms with Crippen LogP contribution in [0, 0.1) is 0 Å². The summed E-state index contributed by atoms with van der Waals surface area (Å²) < 4.78 is 3.64. The predicted octanol–water partition coefficient (Wildman–Crippen LogP) is 4.55. The molecule has 0 N–H and O–H groups in total. The molecule has 0 amide bonds. The Morgan fingerprint density at radius 1 is 1.05 bits per heavy atom. The van der Waals surface area contributed by atoms with Crippen molar-refractivity contribution in [2.75, 3.05) is 0 Å². The number of rotatable bonds is 0. The molecule has 1 aliphatic heterocycles. The first kappa shape index (κ1) is 14.2. The summed E-state index contributed by atoms with van der Waals surface area (Å²) in [5, 5.41) is 0.629. The highest BCUT2D eigenvalue weighted by atomic mass is 79.9. The number of halogens is 2. The number of aromatic nitrogens is 2. The first-order chi connectivity index (χ1) is 10.4. The highest BCUT2D eigenvalue weighted by molar-refractivity contribution is 9.10. The van der Waals surface area contributed by atoms with Gasteiger partial charge in [-0.05, 0) is 55.8 Å². The number of fused-ring (bicyclic) bond motifs is 4. The fourth-order valence-electron chi connectivity index (χ4n) is 3.12. The van der Waals surface area contributed by atoms with E-state index < -0.39 is 0 Å². The van der Waals surface area contributed by atoms with Crippen LogP contribution in [-0.2, 0) is 5.41 Å². The van der Waals surface area contributed by atoms with Gasteiger partial charge in [0.05, 0.1) is 22.0 Å². The van der Waals surface area contributed by atoms with Crippen molar-refractivity contribution in [3.05, 3.63) is 67.1 Å². The van der Waals surface area contributed by atoms with Crippen LogP contribution in [0.5, 0.6) is 0 Å². The molecule has 2 heterocycles. The van der Waals surface area contributed by atoms with Gasteiger partial charge in [-0.2, -0.15) is 0 Å². The monoisotopic (exact) mass is 418 g/mol. The Morgan fingerprint density at radius 2 is 1.73 bits per heavy atom. The minimum absolute atomic E-state index is 0.0181. The quantitative estimate of drug-likeness (QED) is 0.535. The van der Waals surface area contributed by atoms with E-state index in [1.807, 2.05) is 30.3 Å². The van der Waals surface area contributed by atoms with Crippen molar-refractivity contribution < 1.29 is 0 Å². The molecule has 0 spiro atoms. The molecule has 0 saturated heterocycles. The Balaban J connectivity index is 2.20. The molecule has 0 radical (unpaired) electrons. The SMILES string of the molecule is CC1(C)c2cc(Br)ccc2-n2c1nc1ccc(Br)cc1c2=O. The zero-order chi connectivity index (χ0) is 15.6. The number of nitrogens with zero attached hydrogens (tertiary/aromatic N) is 2. The maximum absolute atomic E-state index is 13.0. The Labute approximate surface area is 144 Å². The molecular weight excluding hydrogens is 408 g/mol. The average molecular weight is 420 g/mol. The summed E-state index contributed by atoms with van der Waals surface area (Å²) in [6, 6.07) is 11.6. The van der Waals surface area contributed by atoms with Crippen molar-refractivity contribution in [2.24, 2.45) is 0 Å². The Morgan fingerprint density at radius 3 is 2.50 bits per heavy atom. The standard InChI is InChI=1S/C17H12Br2N2O/c1-17(2)12-8-10(19)4-6-14(12)21-15(22)11-7-9(18)3-5-13(11)20-16(17)21/h3-8H,1-2H3. The van der Waals surface area contributed by atoms with Gasteiger partial charge in [-0.25, -0.2) is 4.98 Å². The topological polar surface area (TPSA) is 34.9 Å². The Hall–Kier alpha value is -1.46. The molecule has 0 atom stereocenters. The van der Waals surface area contributed by atoms with Gasteiger partial charge in [-0.3, -0.25) is 9.36 Å².